The minimum Gasteiger partial charge on any atom is -0.484 e. The summed E-state index contributed by atoms with van der Waals surface area (Å²) in [7, 11) is 1.68. The molecule has 0 aliphatic heterocycles. The maximum Gasteiger partial charge on any atom is 0.260 e. The average molecular weight is 351 g/mol. The van der Waals surface area contributed by atoms with E-state index in [9.17, 15) is 4.79 Å². The standard InChI is InChI=1S/C20H21N3O3/c1-14-4-8-16(9-5-14)20-22-21-18(26-20)12-23(3)19(24)13-25-17-10-6-15(2)7-11-17/h4-11H,12-13H2,1-3H3. The van der Waals surface area contributed by atoms with Crippen LogP contribution in [0.4, 0.5) is 0 Å². The highest BCUT2D eigenvalue weighted by Gasteiger charge is 2.15. The zero-order chi connectivity index (χ0) is 18.5. The van der Waals surface area contributed by atoms with Crippen LogP contribution in [0, 0.1) is 13.8 Å². The molecular weight excluding hydrogens is 330 g/mol. The molecule has 6 nitrogen and oxygen atoms in total. The van der Waals surface area contributed by atoms with Crippen LogP contribution in [0.15, 0.2) is 52.9 Å². The first-order chi connectivity index (χ1) is 12.5. The predicted octanol–water partition coefficient (Wildman–Crippen LogP) is 3.39. The molecule has 1 amide bonds. The van der Waals surface area contributed by atoms with E-state index in [-0.39, 0.29) is 19.1 Å². The molecule has 0 bridgehead atoms. The zero-order valence-electron chi connectivity index (χ0n) is 15.1. The van der Waals surface area contributed by atoms with E-state index >= 15 is 0 Å². The maximum atomic E-state index is 12.2. The molecule has 0 saturated heterocycles. The largest absolute Gasteiger partial charge is 0.484 e. The second kappa shape index (κ2) is 7.82. The number of ether oxygens (including phenoxy) is 1. The van der Waals surface area contributed by atoms with Gasteiger partial charge in [0.1, 0.15) is 5.75 Å². The highest BCUT2D eigenvalue weighted by atomic mass is 16.5. The zero-order valence-corrected chi connectivity index (χ0v) is 15.1. The number of amides is 1. The van der Waals surface area contributed by atoms with Crippen molar-refractivity contribution in [3.63, 3.8) is 0 Å². The van der Waals surface area contributed by atoms with Crippen LogP contribution in [-0.2, 0) is 11.3 Å². The first-order valence-electron chi connectivity index (χ1n) is 8.34. The Morgan fingerprint density at radius 1 is 1.00 bits per heavy atom. The van der Waals surface area contributed by atoms with E-state index in [4.69, 9.17) is 9.15 Å². The molecule has 0 N–H and O–H groups in total. The van der Waals surface area contributed by atoms with E-state index in [1.807, 2.05) is 62.4 Å². The fourth-order valence-corrected chi connectivity index (χ4v) is 2.31. The van der Waals surface area contributed by atoms with Crippen LogP contribution >= 0.6 is 0 Å². The van der Waals surface area contributed by atoms with Crippen LogP contribution in [-0.4, -0.2) is 34.7 Å². The van der Waals surface area contributed by atoms with Crippen LogP contribution in [0.1, 0.15) is 17.0 Å². The van der Waals surface area contributed by atoms with E-state index < -0.39 is 0 Å². The molecule has 1 aromatic heterocycles. The molecule has 26 heavy (non-hydrogen) atoms. The summed E-state index contributed by atoms with van der Waals surface area (Å²) < 4.78 is 11.2. The van der Waals surface area contributed by atoms with E-state index in [0.29, 0.717) is 17.5 Å². The number of aromatic nitrogens is 2. The van der Waals surface area contributed by atoms with Gasteiger partial charge in [0.2, 0.25) is 11.8 Å². The smallest absolute Gasteiger partial charge is 0.260 e. The SMILES string of the molecule is Cc1ccc(OCC(=O)N(C)Cc2nnc(-c3ccc(C)cc3)o2)cc1. The van der Waals surface area contributed by atoms with Gasteiger partial charge in [0.15, 0.2) is 6.61 Å². The molecule has 0 aliphatic rings. The second-order valence-electron chi connectivity index (χ2n) is 6.22. The summed E-state index contributed by atoms with van der Waals surface area (Å²) in [5, 5.41) is 8.06. The average Bonchev–Trinajstić information content (AvgIpc) is 3.10. The van der Waals surface area contributed by atoms with Gasteiger partial charge in [0, 0.05) is 12.6 Å². The van der Waals surface area contributed by atoms with Crippen molar-refractivity contribution in [1.29, 1.82) is 0 Å². The summed E-state index contributed by atoms with van der Waals surface area (Å²) in [6, 6.07) is 15.4. The Bertz CT molecular complexity index is 870. The summed E-state index contributed by atoms with van der Waals surface area (Å²) >= 11 is 0. The summed E-state index contributed by atoms with van der Waals surface area (Å²) in [5.41, 5.74) is 3.15. The quantitative estimate of drug-likeness (QED) is 0.681. The summed E-state index contributed by atoms with van der Waals surface area (Å²) in [4.78, 5) is 13.7. The minimum atomic E-state index is -0.166. The van der Waals surface area contributed by atoms with Crippen molar-refractivity contribution in [2.45, 2.75) is 20.4 Å². The van der Waals surface area contributed by atoms with Crippen LogP contribution in [0.5, 0.6) is 5.75 Å². The Morgan fingerprint density at radius 3 is 2.27 bits per heavy atom. The fourth-order valence-electron chi connectivity index (χ4n) is 2.31. The number of nitrogens with zero attached hydrogens (tertiary/aromatic N) is 3. The van der Waals surface area contributed by atoms with Gasteiger partial charge in [0.25, 0.3) is 5.91 Å². The number of benzene rings is 2. The predicted molar refractivity (Wildman–Crippen MR) is 97.6 cm³/mol. The number of hydrogen-bond donors (Lipinski definition) is 0. The lowest BCUT2D eigenvalue weighted by molar-refractivity contribution is -0.132. The van der Waals surface area contributed by atoms with Crippen molar-refractivity contribution in [2.24, 2.45) is 0 Å². The molecule has 0 saturated carbocycles. The third kappa shape index (κ3) is 4.47. The molecule has 0 radical (unpaired) electrons. The lowest BCUT2D eigenvalue weighted by Gasteiger charge is -2.15. The van der Waals surface area contributed by atoms with E-state index in [1.165, 1.54) is 4.90 Å². The molecule has 2 aromatic carbocycles. The Balaban J connectivity index is 1.55. The third-order valence-corrected chi connectivity index (χ3v) is 3.95. The van der Waals surface area contributed by atoms with Crippen LogP contribution < -0.4 is 4.74 Å². The van der Waals surface area contributed by atoms with E-state index in [1.54, 1.807) is 7.05 Å². The maximum absolute atomic E-state index is 12.2. The lowest BCUT2D eigenvalue weighted by atomic mass is 10.1. The molecule has 1 heterocycles. The van der Waals surface area contributed by atoms with Gasteiger partial charge in [0.05, 0.1) is 6.54 Å². The number of rotatable bonds is 6. The normalized spacial score (nSPS) is 10.6. The van der Waals surface area contributed by atoms with E-state index in [2.05, 4.69) is 10.2 Å². The topological polar surface area (TPSA) is 68.5 Å². The van der Waals surface area contributed by atoms with Gasteiger partial charge in [-0.05, 0) is 38.1 Å². The van der Waals surface area contributed by atoms with Crippen molar-refractivity contribution in [3.8, 4) is 17.2 Å². The Morgan fingerprint density at radius 2 is 1.62 bits per heavy atom. The lowest BCUT2D eigenvalue weighted by Crippen LogP contribution is -2.31. The van der Waals surface area contributed by atoms with Crippen molar-refractivity contribution in [3.05, 3.63) is 65.5 Å². The first kappa shape index (κ1) is 17.7. The number of likely N-dealkylation sites (N-methyl/N-ethyl adjacent to an activating group) is 1. The molecule has 0 unspecified atom stereocenters. The third-order valence-electron chi connectivity index (χ3n) is 3.95. The molecule has 3 rings (SSSR count). The van der Waals surface area contributed by atoms with Gasteiger partial charge in [-0.2, -0.15) is 0 Å². The molecule has 0 spiro atoms. The summed E-state index contributed by atoms with van der Waals surface area (Å²) in [5.74, 6) is 1.32. The second-order valence-corrected chi connectivity index (χ2v) is 6.22. The van der Waals surface area contributed by atoms with Gasteiger partial charge < -0.3 is 14.1 Å². The van der Waals surface area contributed by atoms with Gasteiger partial charge in [-0.3, -0.25) is 4.79 Å². The molecule has 0 aliphatic carbocycles. The number of aryl methyl sites for hydroxylation is 2. The van der Waals surface area contributed by atoms with Gasteiger partial charge >= 0.3 is 0 Å². The van der Waals surface area contributed by atoms with Gasteiger partial charge in [-0.1, -0.05) is 35.4 Å². The van der Waals surface area contributed by atoms with Gasteiger partial charge in [-0.15, -0.1) is 10.2 Å². The van der Waals surface area contributed by atoms with Crippen molar-refractivity contribution >= 4 is 5.91 Å². The molecular formula is C20H21N3O3. The van der Waals surface area contributed by atoms with Crippen LogP contribution in [0.2, 0.25) is 0 Å². The monoisotopic (exact) mass is 351 g/mol. The van der Waals surface area contributed by atoms with Crippen LogP contribution in [0.25, 0.3) is 11.5 Å². The van der Waals surface area contributed by atoms with Gasteiger partial charge in [-0.25, -0.2) is 0 Å². The van der Waals surface area contributed by atoms with E-state index in [0.717, 1.165) is 16.7 Å². The highest BCUT2D eigenvalue weighted by molar-refractivity contribution is 5.77. The number of carbonyl (C=O) groups excluding carboxylic acids is 1. The molecule has 134 valence electrons. The van der Waals surface area contributed by atoms with Crippen LogP contribution in [0.3, 0.4) is 0 Å². The number of hydrogen-bond acceptors (Lipinski definition) is 5. The van der Waals surface area contributed by atoms with Crippen molar-refractivity contribution < 1.29 is 13.9 Å². The summed E-state index contributed by atoms with van der Waals surface area (Å²) in [6.45, 7) is 4.20. The molecule has 0 fully saturated rings. The Hall–Kier alpha value is -3.15. The molecule has 3 aromatic rings. The number of carbonyl (C=O) groups is 1. The minimum absolute atomic E-state index is 0.0431. The fraction of sp³-hybridized carbons (Fsp3) is 0.250. The Labute approximate surface area is 152 Å². The Kier molecular flexibility index (Phi) is 5.31. The van der Waals surface area contributed by atoms with Crippen molar-refractivity contribution in [2.75, 3.05) is 13.7 Å². The first-order valence-corrected chi connectivity index (χ1v) is 8.34. The molecule has 6 heteroatoms. The van der Waals surface area contributed by atoms with Crippen molar-refractivity contribution in [1.82, 2.24) is 15.1 Å². The molecule has 0 atom stereocenters. The summed E-state index contributed by atoms with van der Waals surface area (Å²) in [6.07, 6.45) is 0. The highest BCUT2D eigenvalue weighted by Crippen LogP contribution is 2.18.